The SMILES string of the molecule is Fc1c(Cl)cccc1-c1nc(C2CCCCN2)no1. The van der Waals surface area contributed by atoms with Gasteiger partial charge in [0.2, 0.25) is 0 Å². The molecule has 1 saturated heterocycles. The van der Waals surface area contributed by atoms with Gasteiger partial charge in [-0.05, 0) is 31.5 Å². The van der Waals surface area contributed by atoms with Gasteiger partial charge in [-0.25, -0.2) is 4.39 Å². The molecule has 0 bridgehead atoms. The van der Waals surface area contributed by atoms with Crippen molar-refractivity contribution < 1.29 is 8.91 Å². The summed E-state index contributed by atoms with van der Waals surface area (Å²) >= 11 is 5.74. The van der Waals surface area contributed by atoms with Gasteiger partial charge in [0.05, 0.1) is 16.6 Å². The van der Waals surface area contributed by atoms with Crippen LogP contribution in [0.15, 0.2) is 22.7 Å². The van der Waals surface area contributed by atoms with E-state index in [2.05, 4.69) is 15.5 Å². The van der Waals surface area contributed by atoms with Gasteiger partial charge in [-0.15, -0.1) is 0 Å². The average Bonchev–Trinajstić information content (AvgIpc) is 2.92. The van der Waals surface area contributed by atoms with Crippen LogP contribution in [0, 0.1) is 5.82 Å². The van der Waals surface area contributed by atoms with Crippen molar-refractivity contribution in [2.45, 2.75) is 25.3 Å². The van der Waals surface area contributed by atoms with Crippen LogP contribution in [-0.4, -0.2) is 16.7 Å². The highest BCUT2D eigenvalue weighted by molar-refractivity contribution is 6.31. The summed E-state index contributed by atoms with van der Waals surface area (Å²) in [7, 11) is 0. The topological polar surface area (TPSA) is 51.0 Å². The van der Waals surface area contributed by atoms with Gasteiger partial charge in [-0.1, -0.05) is 29.2 Å². The number of hydrogen-bond donors (Lipinski definition) is 1. The van der Waals surface area contributed by atoms with Crippen molar-refractivity contribution in [3.05, 3.63) is 34.9 Å². The van der Waals surface area contributed by atoms with E-state index in [1.807, 2.05) is 0 Å². The van der Waals surface area contributed by atoms with E-state index in [4.69, 9.17) is 16.1 Å². The zero-order valence-corrected chi connectivity index (χ0v) is 11.0. The molecule has 0 amide bonds. The van der Waals surface area contributed by atoms with E-state index in [0.29, 0.717) is 5.82 Å². The summed E-state index contributed by atoms with van der Waals surface area (Å²) in [6.45, 7) is 0.945. The molecule has 2 heterocycles. The molecule has 1 fully saturated rings. The standard InChI is InChI=1S/C13H13ClFN3O/c14-9-5-3-4-8(11(9)15)13-17-12(18-19-13)10-6-1-2-7-16-10/h3-5,10,16H,1-2,6-7H2. The second-order valence-corrected chi connectivity index (χ2v) is 4.97. The molecule has 0 aliphatic carbocycles. The molecule has 1 aromatic heterocycles. The molecular weight excluding hydrogens is 269 g/mol. The van der Waals surface area contributed by atoms with Crippen molar-refractivity contribution in [3.8, 4) is 11.5 Å². The predicted octanol–water partition coefficient (Wildman–Crippen LogP) is 3.34. The molecule has 2 aromatic rings. The fourth-order valence-corrected chi connectivity index (χ4v) is 2.40. The fraction of sp³-hybridized carbons (Fsp3) is 0.385. The zero-order valence-electron chi connectivity index (χ0n) is 10.2. The Balaban J connectivity index is 1.90. The summed E-state index contributed by atoms with van der Waals surface area (Å²) in [6.07, 6.45) is 3.26. The Morgan fingerprint density at radius 1 is 1.37 bits per heavy atom. The first-order valence-corrected chi connectivity index (χ1v) is 6.65. The van der Waals surface area contributed by atoms with E-state index in [1.54, 1.807) is 12.1 Å². The summed E-state index contributed by atoms with van der Waals surface area (Å²) in [4.78, 5) is 4.27. The molecule has 0 spiro atoms. The van der Waals surface area contributed by atoms with Gasteiger partial charge < -0.3 is 9.84 Å². The van der Waals surface area contributed by atoms with Gasteiger partial charge in [0.15, 0.2) is 11.6 Å². The first kappa shape index (κ1) is 12.6. The molecule has 1 unspecified atom stereocenters. The maximum Gasteiger partial charge on any atom is 0.261 e. The number of rotatable bonds is 2. The quantitative estimate of drug-likeness (QED) is 0.917. The minimum Gasteiger partial charge on any atom is -0.334 e. The molecule has 3 rings (SSSR count). The molecule has 1 atom stereocenters. The predicted molar refractivity (Wildman–Crippen MR) is 69.3 cm³/mol. The normalized spacial score (nSPS) is 19.6. The van der Waals surface area contributed by atoms with E-state index >= 15 is 0 Å². The molecule has 1 aliphatic heterocycles. The van der Waals surface area contributed by atoms with Crippen molar-refractivity contribution in [1.29, 1.82) is 0 Å². The maximum absolute atomic E-state index is 13.9. The van der Waals surface area contributed by atoms with Crippen LogP contribution in [0.25, 0.3) is 11.5 Å². The Morgan fingerprint density at radius 2 is 2.26 bits per heavy atom. The van der Waals surface area contributed by atoms with Crippen LogP contribution in [0.2, 0.25) is 5.02 Å². The fourth-order valence-electron chi connectivity index (χ4n) is 2.23. The van der Waals surface area contributed by atoms with Gasteiger partial charge in [-0.2, -0.15) is 4.98 Å². The number of nitrogens with one attached hydrogen (secondary N) is 1. The molecule has 100 valence electrons. The Hall–Kier alpha value is -1.46. The number of hydrogen-bond acceptors (Lipinski definition) is 4. The molecule has 1 N–H and O–H groups in total. The van der Waals surface area contributed by atoms with Crippen molar-refractivity contribution in [1.82, 2.24) is 15.5 Å². The summed E-state index contributed by atoms with van der Waals surface area (Å²) in [6, 6.07) is 4.81. The number of nitrogens with zero attached hydrogens (tertiary/aromatic N) is 2. The van der Waals surface area contributed by atoms with Crippen LogP contribution in [-0.2, 0) is 0 Å². The molecule has 1 aromatic carbocycles. The minimum atomic E-state index is -0.532. The Kier molecular flexibility index (Phi) is 3.48. The van der Waals surface area contributed by atoms with Gasteiger partial charge in [0, 0.05) is 0 Å². The molecule has 4 nitrogen and oxygen atoms in total. The monoisotopic (exact) mass is 281 g/mol. The van der Waals surface area contributed by atoms with Crippen molar-refractivity contribution >= 4 is 11.6 Å². The van der Waals surface area contributed by atoms with E-state index in [0.717, 1.165) is 25.8 Å². The highest BCUT2D eigenvalue weighted by Crippen LogP contribution is 2.28. The van der Waals surface area contributed by atoms with Gasteiger partial charge in [0.1, 0.15) is 0 Å². The van der Waals surface area contributed by atoms with Crippen LogP contribution in [0.1, 0.15) is 31.1 Å². The van der Waals surface area contributed by atoms with Gasteiger partial charge in [-0.3, -0.25) is 0 Å². The first-order valence-electron chi connectivity index (χ1n) is 6.27. The highest BCUT2D eigenvalue weighted by Gasteiger charge is 2.22. The van der Waals surface area contributed by atoms with Crippen LogP contribution in [0.3, 0.4) is 0 Å². The lowest BCUT2D eigenvalue weighted by Crippen LogP contribution is -2.27. The van der Waals surface area contributed by atoms with Crippen LogP contribution in [0.4, 0.5) is 4.39 Å². The second-order valence-electron chi connectivity index (χ2n) is 4.56. The third-order valence-corrected chi connectivity index (χ3v) is 3.54. The van der Waals surface area contributed by atoms with Crippen LogP contribution >= 0.6 is 11.6 Å². The van der Waals surface area contributed by atoms with Crippen molar-refractivity contribution in [2.75, 3.05) is 6.54 Å². The van der Waals surface area contributed by atoms with Crippen LogP contribution in [0.5, 0.6) is 0 Å². The maximum atomic E-state index is 13.9. The zero-order chi connectivity index (χ0) is 13.2. The first-order chi connectivity index (χ1) is 9.25. The Morgan fingerprint density at radius 3 is 3.05 bits per heavy atom. The molecule has 6 heteroatoms. The number of piperidine rings is 1. The van der Waals surface area contributed by atoms with E-state index in [1.165, 1.54) is 6.07 Å². The summed E-state index contributed by atoms with van der Waals surface area (Å²) < 4.78 is 19.0. The Labute approximate surface area is 115 Å². The summed E-state index contributed by atoms with van der Waals surface area (Å²) in [5.41, 5.74) is 0.238. The molecule has 0 radical (unpaired) electrons. The number of benzene rings is 1. The van der Waals surface area contributed by atoms with Crippen molar-refractivity contribution in [2.24, 2.45) is 0 Å². The van der Waals surface area contributed by atoms with Gasteiger partial charge >= 0.3 is 0 Å². The largest absolute Gasteiger partial charge is 0.334 e. The molecule has 19 heavy (non-hydrogen) atoms. The minimum absolute atomic E-state index is 0.0491. The van der Waals surface area contributed by atoms with Gasteiger partial charge in [0.25, 0.3) is 5.89 Å². The lowest BCUT2D eigenvalue weighted by molar-refractivity contribution is 0.366. The third kappa shape index (κ3) is 2.48. The smallest absolute Gasteiger partial charge is 0.261 e. The summed E-state index contributed by atoms with van der Waals surface area (Å²) in [5.74, 6) is 0.215. The van der Waals surface area contributed by atoms with E-state index in [-0.39, 0.29) is 22.5 Å². The van der Waals surface area contributed by atoms with E-state index in [9.17, 15) is 4.39 Å². The highest BCUT2D eigenvalue weighted by atomic mass is 35.5. The number of halogens is 2. The Bertz CT molecular complexity index is 581. The lowest BCUT2D eigenvalue weighted by Gasteiger charge is -2.19. The molecule has 0 saturated carbocycles. The summed E-state index contributed by atoms with van der Waals surface area (Å²) in [5, 5.41) is 7.30. The second kappa shape index (κ2) is 5.27. The number of aromatic nitrogens is 2. The van der Waals surface area contributed by atoms with Crippen LogP contribution < -0.4 is 5.32 Å². The van der Waals surface area contributed by atoms with E-state index < -0.39 is 5.82 Å². The average molecular weight is 282 g/mol. The van der Waals surface area contributed by atoms with Crippen molar-refractivity contribution in [3.63, 3.8) is 0 Å². The lowest BCUT2D eigenvalue weighted by atomic mass is 10.0. The molecule has 1 aliphatic rings. The third-order valence-electron chi connectivity index (χ3n) is 3.25. The molecular formula is C13H13ClFN3O.